The van der Waals surface area contributed by atoms with E-state index in [4.69, 9.17) is 27.9 Å². The summed E-state index contributed by atoms with van der Waals surface area (Å²) in [5.41, 5.74) is 1.44. The van der Waals surface area contributed by atoms with Crippen molar-refractivity contribution in [3.63, 3.8) is 0 Å². The van der Waals surface area contributed by atoms with E-state index in [0.29, 0.717) is 46.3 Å². The summed E-state index contributed by atoms with van der Waals surface area (Å²) < 4.78 is 6.88. The first-order valence-corrected chi connectivity index (χ1v) is 11.4. The standard InChI is InChI=1S/C23H21BrCl2N2O3/c1-13(29)27-19-11-23(10-14-3-5-16(24)6-4-14)21(31-2)20(22(30)28(23)12-19)15-7-17(25)9-18(26)8-15/h3-9,19H,10-12H2,1-2H3,(H,27,29). The van der Waals surface area contributed by atoms with Gasteiger partial charge < -0.3 is 15.0 Å². The SMILES string of the molecule is COC1=C(c2cc(Cl)cc(Cl)c2)C(=O)N2CC(NC(C)=O)CC12Cc1ccc(Br)cc1. The van der Waals surface area contributed by atoms with Crippen LogP contribution in [-0.2, 0) is 20.7 Å². The smallest absolute Gasteiger partial charge is 0.258 e. The highest BCUT2D eigenvalue weighted by molar-refractivity contribution is 9.10. The van der Waals surface area contributed by atoms with Crippen molar-refractivity contribution in [2.24, 2.45) is 0 Å². The van der Waals surface area contributed by atoms with E-state index in [2.05, 4.69) is 21.2 Å². The topological polar surface area (TPSA) is 58.6 Å². The van der Waals surface area contributed by atoms with Crippen molar-refractivity contribution in [3.8, 4) is 0 Å². The molecule has 0 aliphatic carbocycles. The van der Waals surface area contributed by atoms with Gasteiger partial charge in [0.15, 0.2) is 0 Å². The summed E-state index contributed by atoms with van der Waals surface area (Å²) in [5, 5.41) is 3.86. The molecule has 1 saturated heterocycles. The Morgan fingerprint density at radius 1 is 1.23 bits per heavy atom. The van der Waals surface area contributed by atoms with Crippen molar-refractivity contribution >= 4 is 56.5 Å². The van der Waals surface area contributed by atoms with Crippen LogP contribution in [0.25, 0.3) is 5.57 Å². The van der Waals surface area contributed by atoms with E-state index in [0.717, 1.165) is 10.0 Å². The quantitative estimate of drug-likeness (QED) is 0.609. The van der Waals surface area contributed by atoms with Gasteiger partial charge in [-0.1, -0.05) is 51.3 Å². The second-order valence-corrected chi connectivity index (χ2v) is 9.71. The van der Waals surface area contributed by atoms with Crippen molar-refractivity contribution in [3.05, 3.63) is 73.9 Å². The fourth-order valence-electron chi connectivity index (χ4n) is 4.75. The van der Waals surface area contributed by atoms with Crippen LogP contribution in [0.5, 0.6) is 0 Å². The monoisotopic (exact) mass is 522 g/mol. The van der Waals surface area contributed by atoms with Gasteiger partial charge in [0.1, 0.15) is 11.3 Å². The maximum atomic E-state index is 13.6. The largest absolute Gasteiger partial charge is 0.498 e. The van der Waals surface area contributed by atoms with E-state index in [1.54, 1.807) is 25.3 Å². The molecule has 0 bridgehead atoms. The molecule has 2 aromatic carbocycles. The summed E-state index contributed by atoms with van der Waals surface area (Å²) in [5.74, 6) is 0.300. The van der Waals surface area contributed by atoms with E-state index in [1.807, 2.05) is 29.2 Å². The molecule has 1 N–H and O–H groups in total. The number of carbonyl (C=O) groups excluding carboxylic acids is 2. The highest BCUT2D eigenvalue weighted by Crippen LogP contribution is 2.49. The number of benzene rings is 2. The highest BCUT2D eigenvalue weighted by Gasteiger charge is 2.58. The third kappa shape index (κ3) is 4.09. The van der Waals surface area contributed by atoms with Crippen LogP contribution in [0.1, 0.15) is 24.5 Å². The predicted octanol–water partition coefficient (Wildman–Crippen LogP) is 4.85. The van der Waals surface area contributed by atoms with Crippen LogP contribution < -0.4 is 5.32 Å². The van der Waals surface area contributed by atoms with E-state index >= 15 is 0 Å². The lowest BCUT2D eigenvalue weighted by Gasteiger charge is -2.34. The van der Waals surface area contributed by atoms with Gasteiger partial charge in [-0.15, -0.1) is 0 Å². The molecule has 2 aliphatic rings. The minimum atomic E-state index is -0.711. The average molecular weight is 524 g/mol. The van der Waals surface area contributed by atoms with E-state index in [9.17, 15) is 9.59 Å². The summed E-state index contributed by atoms with van der Waals surface area (Å²) in [4.78, 5) is 27.2. The molecule has 2 unspecified atom stereocenters. The van der Waals surface area contributed by atoms with Gasteiger partial charge in [-0.05, 0) is 41.5 Å². The van der Waals surface area contributed by atoms with Gasteiger partial charge in [0.05, 0.1) is 12.7 Å². The molecular formula is C23H21BrCl2N2O3. The molecule has 0 aromatic heterocycles. The van der Waals surface area contributed by atoms with Gasteiger partial charge in [0.2, 0.25) is 5.91 Å². The summed E-state index contributed by atoms with van der Waals surface area (Å²) >= 11 is 15.9. The molecule has 2 heterocycles. The Balaban J connectivity index is 1.85. The van der Waals surface area contributed by atoms with Gasteiger partial charge in [-0.3, -0.25) is 9.59 Å². The average Bonchev–Trinajstić information content (AvgIpc) is 3.13. The first-order valence-electron chi connectivity index (χ1n) is 9.82. The van der Waals surface area contributed by atoms with Crippen LogP contribution in [0.2, 0.25) is 10.0 Å². The van der Waals surface area contributed by atoms with Gasteiger partial charge in [0.25, 0.3) is 5.91 Å². The summed E-state index contributed by atoms with van der Waals surface area (Å²) in [6.45, 7) is 1.89. The van der Waals surface area contributed by atoms with Gasteiger partial charge in [-0.25, -0.2) is 0 Å². The molecule has 0 spiro atoms. The van der Waals surface area contributed by atoms with Crippen molar-refractivity contribution < 1.29 is 14.3 Å². The molecule has 5 nitrogen and oxygen atoms in total. The molecule has 0 radical (unpaired) electrons. The Morgan fingerprint density at radius 3 is 2.45 bits per heavy atom. The normalized spacial score (nSPS) is 22.7. The Hall–Kier alpha value is -2.02. The zero-order valence-electron chi connectivity index (χ0n) is 17.0. The van der Waals surface area contributed by atoms with Crippen molar-refractivity contribution in [2.45, 2.75) is 31.3 Å². The number of methoxy groups -OCH3 is 1. The summed E-state index contributed by atoms with van der Waals surface area (Å²) in [6.07, 6.45) is 1.11. The van der Waals surface area contributed by atoms with Gasteiger partial charge in [0, 0.05) is 46.9 Å². The van der Waals surface area contributed by atoms with Crippen molar-refractivity contribution in [2.75, 3.05) is 13.7 Å². The number of ether oxygens (including phenoxy) is 1. The first-order chi connectivity index (χ1) is 14.7. The second kappa shape index (κ2) is 8.49. The van der Waals surface area contributed by atoms with E-state index in [-0.39, 0.29) is 17.9 Å². The fourth-order valence-corrected chi connectivity index (χ4v) is 5.54. The predicted molar refractivity (Wildman–Crippen MR) is 125 cm³/mol. The maximum Gasteiger partial charge on any atom is 0.258 e. The number of fused-ring (bicyclic) bond motifs is 1. The van der Waals surface area contributed by atoms with Crippen LogP contribution >= 0.6 is 39.1 Å². The molecule has 2 amide bonds. The third-order valence-corrected chi connectivity index (χ3v) is 6.75. The minimum Gasteiger partial charge on any atom is -0.498 e. The van der Waals surface area contributed by atoms with Crippen molar-refractivity contribution in [1.82, 2.24) is 10.2 Å². The van der Waals surface area contributed by atoms with E-state index in [1.165, 1.54) is 6.92 Å². The summed E-state index contributed by atoms with van der Waals surface area (Å²) in [6, 6.07) is 12.9. The van der Waals surface area contributed by atoms with E-state index < -0.39 is 5.54 Å². The van der Waals surface area contributed by atoms with Crippen LogP contribution in [0.15, 0.2) is 52.7 Å². The molecule has 1 fully saturated rings. The van der Waals surface area contributed by atoms with Crippen molar-refractivity contribution in [1.29, 1.82) is 0 Å². The molecule has 8 heteroatoms. The Bertz CT molecular complexity index is 1070. The molecule has 4 rings (SSSR count). The number of hydrogen-bond donors (Lipinski definition) is 1. The Labute approximate surface area is 199 Å². The molecule has 162 valence electrons. The van der Waals surface area contributed by atoms with Crippen LogP contribution in [0.3, 0.4) is 0 Å². The lowest BCUT2D eigenvalue weighted by molar-refractivity contribution is -0.127. The fraction of sp³-hybridized carbons (Fsp3) is 0.304. The zero-order chi connectivity index (χ0) is 22.3. The number of amides is 2. The van der Waals surface area contributed by atoms with Crippen LogP contribution in [0.4, 0.5) is 0 Å². The van der Waals surface area contributed by atoms with Crippen LogP contribution in [0, 0.1) is 0 Å². The first kappa shape index (κ1) is 22.2. The molecule has 2 aliphatic heterocycles. The number of nitrogens with one attached hydrogen (secondary N) is 1. The number of hydrogen-bond acceptors (Lipinski definition) is 3. The third-order valence-electron chi connectivity index (χ3n) is 5.79. The molecule has 2 atom stereocenters. The Kier molecular flexibility index (Phi) is 6.08. The molecule has 0 saturated carbocycles. The number of halogens is 3. The van der Waals surface area contributed by atoms with Gasteiger partial charge >= 0.3 is 0 Å². The molecular weight excluding hydrogens is 503 g/mol. The maximum absolute atomic E-state index is 13.6. The lowest BCUT2D eigenvalue weighted by Crippen LogP contribution is -2.45. The molecule has 2 aromatic rings. The summed E-state index contributed by atoms with van der Waals surface area (Å²) in [7, 11) is 1.58. The number of carbonyl (C=O) groups is 2. The highest BCUT2D eigenvalue weighted by atomic mass is 79.9. The minimum absolute atomic E-state index is 0.123. The van der Waals surface area contributed by atoms with Gasteiger partial charge in [-0.2, -0.15) is 0 Å². The second-order valence-electron chi connectivity index (χ2n) is 7.92. The lowest BCUT2D eigenvalue weighted by atomic mass is 9.85. The number of rotatable bonds is 5. The number of nitrogens with zero attached hydrogens (tertiary/aromatic N) is 1. The van der Waals surface area contributed by atoms with Crippen LogP contribution in [-0.4, -0.2) is 41.9 Å². The Morgan fingerprint density at radius 2 is 1.87 bits per heavy atom. The molecule has 31 heavy (non-hydrogen) atoms. The zero-order valence-corrected chi connectivity index (χ0v) is 20.1.